The van der Waals surface area contributed by atoms with E-state index in [1.165, 1.54) is 32.1 Å². The van der Waals surface area contributed by atoms with Crippen molar-refractivity contribution in [2.45, 2.75) is 71.4 Å². The summed E-state index contributed by atoms with van der Waals surface area (Å²) in [6.45, 7) is 5.91. The minimum atomic E-state index is -0.649. The molecule has 1 unspecified atom stereocenters. The number of rotatable bonds is 6. The Balaban J connectivity index is 2.61. The van der Waals surface area contributed by atoms with Gasteiger partial charge in [-0.25, -0.2) is 4.79 Å². The molecule has 0 aromatic carbocycles. The van der Waals surface area contributed by atoms with Crippen LogP contribution in [0.25, 0.3) is 0 Å². The van der Waals surface area contributed by atoms with Gasteiger partial charge in [0, 0.05) is 6.04 Å². The normalized spacial score (nSPS) is 19.4. The Labute approximate surface area is 122 Å². The van der Waals surface area contributed by atoms with Crippen LogP contribution >= 0.6 is 0 Å². The van der Waals surface area contributed by atoms with Gasteiger partial charge in [-0.3, -0.25) is 4.79 Å². The fourth-order valence-electron chi connectivity index (χ4n) is 3.05. The first-order chi connectivity index (χ1) is 9.45. The molecule has 5 nitrogen and oxygen atoms in total. The molecule has 3 amide bonds. The van der Waals surface area contributed by atoms with Crippen molar-refractivity contribution in [2.24, 2.45) is 17.6 Å². The summed E-state index contributed by atoms with van der Waals surface area (Å²) in [5, 5.41) is 5.65. The minimum absolute atomic E-state index is 0.0198. The SMILES string of the molecule is CCC(NC(=O)[C@@H](NC(N)=O)C(C)C)C1CCCCC1. The molecule has 0 aromatic heterocycles. The molecule has 20 heavy (non-hydrogen) atoms. The Morgan fingerprint density at radius 3 is 2.20 bits per heavy atom. The Morgan fingerprint density at radius 1 is 1.15 bits per heavy atom. The van der Waals surface area contributed by atoms with Crippen molar-refractivity contribution in [3.8, 4) is 0 Å². The van der Waals surface area contributed by atoms with E-state index in [2.05, 4.69) is 17.6 Å². The Morgan fingerprint density at radius 2 is 1.75 bits per heavy atom. The number of amides is 3. The van der Waals surface area contributed by atoms with Crippen LogP contribution in [0.1, 0.15) is 59.3 Å². The molecule has 0 aliphatic heterocycles. The van der Waals surface area contributed by atoms with Gasteiger partial charge in [0.25, 0.3) is 0 Å². The zero-order valence-electron chi connectivity index (χ0n) is 12.9. The predicted octanol–water partition coefficient (Wildman–Crippen LogP) is 2.15. The van der Waals surface area contributed by atoms with Crippen LogP contribution in [-0.2, 0) is 4.79 Å². The molecule has 1 fully saturated rings. The first kappa shape index (κ1) is 16.8. The van der Waals surface area contributed by atoms with E-state index >= 15 is 0 Å². The van der Waals surface area contributed by atoms with Gasteiger partial charge in [0.15, 0.2) is 0 Å². The number of hydrogen-bond acceptors (Lipinski definition) is 2. The average Bonchev–Trinajstić information content (AvgIpc) is 2.42. The van der Waals surface area contributed by atoms with E-state index < -0.39 is 12.1 Å². The van der Waals surface area contributed by atoms with E-state index in [-0.39, 0.29) is 17.9 Å². The van der Waals surface area contributed by atoms with Gasteiger partial charge in [-0.15, -0.1) is 0 Å². The fourth-order valence-corrected chi connectivity index (χ4v) is 3.05. The number of hydrogen-bond donors (Lipinski definition) is 3. The third kappa shape index (κ3) is 5.02. The van der Waals surface area contributed by atoms with Crippen LogP contribution in [-0.4, -0.2) is 24.0 Å². The molecule has 0 saturated heterocycles. The van der Waals surface area contributed by atoms with Crippen molar-refractivity contribution in [1.82, 2.24) is 10.6 Å². The smallest absolute Gasteiger partial charge is 0.312 e. The van der Waals surface area contributed by atoms with Crippen molar-refractivity contribution >= 4 is 11.9 Å². The third-order valence-electron chi connectivity index (χ3n) is 4.23. The molecule has 1 aliphatic carbocycles. The molecule has 0 radical (unpaired) electrons. The van der Waals surface area contributed by atoms with Crippen LogP contribution in [0.15, 0.2) is 0 Å². The summed E-state index contributed by atoms with van der Waals surface area (Å²) in [6, 6.07) is -0.992. The molecule has 1 aliphatic rings. The summed E-state index contributed by atoms with van der Waals surface area (Å²) < 4.78 is 0. The number of carbonyl (C=O) groups excluding carboxylic acids is 2. The molecular weight excluding hydrogens is 254 g/mol. The zero-order chi connectivity index (χ0) is 15.1. The van der Waals surface area contributed by atoms with Crippen LogP contribution in [0, 0.1) is 11.8 Å². The van der Waals surface area contributed by atoms with Crippen molar-refractivity contribution < 1.29 is 9.59 Å². The lowest BCUT2D eigenvalue weighted by atomic mass is 9.82. The third-order valence-corrected chi connectivity index (χ3v) is 4.23. The lowest BCUT2D eigenvalue weighted by Gasteiger charge is -2.32. The fraction of sp³-hybridized carbons (Fsp3) is 0.867. The van der Waals surface area contributed by atoms with Crippen molar-refractivity contribution in [1.29, 1.82) is 0 Å². The Hall–Kier alpha value is -1.26. The van der Waals surface area contributed by atoms with Crippen molar-refractivity contribution in [3.05, 3.63) is 0 Å². The van der Waals surface area contributed by atoms with Gasteiger partial charge < -0.3 is 16.4 Å². The second kappa shape index (κ2) is 8.12. The van der Waals surface area contributed by atoms with Crippen LogP contribution in [0.2, 0.25) is 0 Å². The molecule has 1 rings (SSSR count). The second-order valence-electron chi connectivity index (χ2n) is 6.15. The zero-order valence-corrected chi connectivity index (χ0v) is 12.9. The van der Waals surface area contributed by atoms with Crippen molar-refractivity contribution in [2.75, 3.05) is 0 Å². The molecule has 5 heteroatoms. The summed E-state index contributed by atoms with van der Waals surface area (Å²) in [5.41, 5.74) is 5.15. The quantitative estimate of drug-likeness (QED) is 0.698. The first-order valence-corrected chi connectivity index (χ1v) is 7.82. The highest BCUT2D eigenvalue weighted by Crippen LogP contribution is 2.27. The predicted molar refractivity (Wildman–Crippen MR) is 80.1 cm³/mol. The van der Waals surface area contributed by atoms with Gasteiger partial charge in [0.1, 0.15) is 6.04 Å². The van der Waals surface area contributed by atoms with Crippen LogP contribution in [0.5, 0.6) is 0 Å². The highest BCUT2D eigenvalue weighted by atomic mass is 16.2. The number of nitrogens with two attached hydrogens (primary N) is 1. The number of carbonyl (C=O) groups is 2. The van der Waals surface area contributed by atoms with Gasteiger partial charge in [-0.05, 0) is 31.1 Å². The lowest BCUT2D eigenvalue weighted by Crippen LogP contribution is -2.54. The molecule has 4 N–H and O–H groups in total. The Kier molecular flexibility index (Phi) is 6.82. The summed E-state index contributed by atoms with van der Waals surface area (Å²) in [6.07, 6.45) is 7.12. The maximum absolute atomic E-state index is 12.4. The molecule has 1 saturated carbocycles. The van der Waals surface area contributed by atoms with E-state index in [0.717, 1.165) is 6.42 Å². The van der Waals surface area contributed by atoms with E-state index in [1.807, 2.05) is 13.8 Å². The Bertz CT molecular complexity index is 325. The maximum Gasteiger partial charge on any atom is 0.312 e. The van der Waals surface area contributed by atoms with Crippen LogP contribution < -0.4 is 16.4 Å². The first-order valence-electron chi connectivity index (χ1n) is 7.82. The topological polar surface area (TPSA) is 84.2 Å². The van der Waals surface area contributed by atoms with Gasteiger partial charge in [0.2, 0.25) is 5.91 Å². The molecule has 116 valence electrons. The summed E-state index contributed by atoms with van der Waals surface area (Å²) in [7, 11) is 0. The largest absolute Gasteiger partial charge is 0.352 e. The number of urea groups is 1. The highest BCUT2D eigenvalue weighted by Gasteiger charge is 2.28. The summed E-state index contributed by atoms with van der Waals surface area (Å²) in [5.74, 6) is 0.474. The number of nitrogens with one attached hydrogen (secondary N) is 2. The minimum Gasteiger partial charge on any atom is -0.352 e. The van der Waals surface area contributed by atoms with E-state index in [4.69, 9.17) is 5.73 Å². The van der Waals surface area contributed by atoms with Crippen molar-refractivity contribution in [3.63, 3.8) is 0 Å². The average molecular weight is 283 g/mol. The second-order valence-corrected chi connectivity index (χ2v) is 6.15. The van der Waals surface area contributed by atoms with E-state index in [9.17, 15) is 9.59 Å². The van der Waals surface area contributed by atoms with Gasteiger partial charge >= 0.3 is 6.03 Å². The van der Waals surface area contributed by atoms with Crippen LogP contribution in [0.4, 0.5) is 4.79 Å². The summed E-state index contributed by atoms with van der Waals surface area (Å²) in [4.78, 5) is 23.4. The molecule has 0 spiro atoms. The number of primary amides is 1. The van der Waals surface area contributed by atoms with Crippen LogP contribution in [0.3, 0.4) is 0 Å². The standard InChI is InChI=1S/C15H29N3O2/c1-4-12(11-8-6-5-7-9-11)17-14(19)13(10(2)3)18-15(16)20/h10-13H,4-9H2,1-3H3,(H,17,19)(H3,16,18,20)/t12?,13-/m0/s1. The molecule has 0 heterocycles. The van der Waals surface area contributed by atoms with Gasteiger partial charge in [-0.1, -0.05) is 40.0 Å². The highest BCUT2D eigenvalue weighted by molar-refractivity contribution is 5.86. The van der Waals surface area contributed by atoms with Gasteiger partial charge in [-0.2, -0.15) is 0 Å². The maximum atomic E-state index is 12.4. The molecule has 0 aromatic rings. The summed E-state index contributed by atoms with van der Waals surface area (Å²) >= 11 is 0. The molecule has 2 atom stereocenters. The molecular formula is C15H29N3O2. The molecule has 0 bridgehead atoms. The van der Waals surface area contributed by atoms with E-state index in [0.29, 0.717) is 5.92 Å². The van der Waals surface area contributed by atoms with Gasteiger partial charge in [0.05, 0.1) is 0 Å². The van der Waals surface area contributed by atoms with E-state index in [1.54, 1.807) is 0 Å². The lowest BCUT2D eigenvalue weighted by molar-refractivity contribution is -0.125. The monoisotopic (exact) mass is 283 g/mol.